The van der Waals surface area contributed by atoms with E-state index in [1.807, 2.05) is 75.4 Å². The number of carbonyl (C=O) groups is 1. The lowest BCUT2D eigenvalue weighted by Gasteiger charge is -2.28. The van der Waals surface area contributed by atoms with Gasteiger partial charge < -0.3 is 5.32 Å². The molecule has 6 heteroatoms. The Morgan fingerprint density at radius 1 is 0.971 bits per heavy atom. The van der Waals surface area contributed by atoms with E-state index in [0.717, 1.165) is 36.0 Å². The van der Waals surface area contributed by atoms with Crippen LogP contribution in [-0.2, 0) is 27.8 Å². The van der Waals surface area contributed by atoms with E-state index in [-0.39, 0.29) is 29.9 Å². The largest absolute Gasteiger partial charge is 0.348 e. The highest BCUT2D eigenvalue weighted by Crippen LogP contribution is 2.30. The van der Waals surface area contributed by atoms with Gasteiger partial charge in [-0.05, 0) is 67.9 Å². The molecule has 178 valence electrons. The molecule has 0 bridgehead atoms. The van der Waals surface area contributed by atoms with Crippen molar-refractivity contribution in [3.63, 3.8) is 0 Å². The molecule has 0 aromatic heterocycles. The van der Waals surface area contributed by atoms with Gasteiger partial charge in [0.25, 0.3) is 0 Å². The summed E-state index contributed by atoms with van der Waals surface area (Å²) in [6, 6.07) is 21.2. The van der Waals surface area contributed by atoms with Crippen molar-refractivity contribution in [3.8, 4) is 0 Å². The van der Waals surface area contributed by atoms with Crippen LogP contribution in [0.1, 0.15) is 52.3 Å². The molecule has 1 atom stereocenters. The molecule has 0 saturated heterocycles. The molecule has 1 aliphatic rings. The molecular weight excluding hydrogens is 444 g/mol. The molecule has 3 aromatic carbocycles. The fourth-order valence-electron chi connectivity index (χ4n) is 5.02. The molecule has 1 unspecified atom stereocenters. The van der Waals surface area contributed by atoms with Crippen molar-refractivity contribution in [2.75, 3.05) is 6.54 Å². The van der Waals surface area contributed by atoms with Crippen molar-refractivity contribution in [1.82, 2.24) is 9.62 Å². The zero-order chi connectivity index (χ0) is 24.3. The SMILES string of the molecule is Cc1cc(C)c(S(=O)(=O)N(CC(=O)NC2CCCc3ccccc32)Cc2ccccc2)c(C)c1. The Morgan fingerprint density at radius 3 is 2.32 bits per heavy atom. The molecule has 1 amide bonds. The summed E-state index contributed by atoms with van der Waals surface area (Å²) in [6.07, 6.45) is 2.85. The molecule has 5 nitrogen and oxygen atoms in total. The molecule has 3 aromatic rings. The number of hydrogen-bond donors (Lipinski definition) is 1. The first-order valence-electron chi connectivity index (χ1n) is 11.7. The second-order valence-corrected chi connectivity index (χ2v) is 11.1. The van der Waals surface area contributed by atoms with Crippen LogP contribution in [0.3, 0.4) is 0 Å². The highest BCUT2D eigenvalue weighted by Gasteiger charge is 2.31. The second kappa shape index (κ2) is 10.1. The third-order valence-electron chi connectivity index (χ3n) is 6.43. The highest BCUT2D eigenvalue weighted by atomic mass is 32.2. The summed E-state index contributed by atoms with van der Waals surface area (Å²) >= 11 is 0. The first-order valence-corrected chi connectivity index (χ1v) is 13.2. The fraction of sp³-hybridized carbons (Fsp3) is 0.321. The molecule has 0 saturated carbocycles. The van der Waals surface area contributed by atoms with E-state index < -0.39 is 10.0 Å². The normalized spacial score (nSPS) is 15.7. The lowest BCUT2D eigenvalue weighted by Crippen LogP contribution is -2.42. The number of rotatable bonds is 7. The van der Waals surface area contributed by atoms with Gasteiger partial charge in [0.15, 0.2) is 0 Å². The highest BCUT2D eigenvalue weighted by molar-refractivity contribution is 7.89. The first-order chi connectivity index (χ1) is 16.3. The van der Waals surface area contributed by atoms with E-state index in [0.29, 0.717) is 11.1 Å². The molecule has 0 aliphatic heterocycles. The van der Waals surface area contributed by atoms with Crippen molar-refractivity contribution in [2.24, 2.45) is 0 Å². The van der Waals surface area contributed by atoms with Gasteiger partial charge in [-0.15, -0.1) is 0 Å². The predicted octanol–water partition coefficient (Wildman–Crippen LogP) is 5.00. The second-order valence-electron chi connectivity index (χ2n) is 9.20. The molecule has 1 N–H and O–H groups in total. The minimum atomic E-state index is -3.90. The Bertz CT molecular complexity index is 1260. The van der Waals surface area contributed by atoms with Crippen molar-refractivity contribution >= 4 is 15.9 Å². The number of fused-ring (bicyclic) bond motifs is 1. The summed E-state index contributed by atoms with van der Waals surface area (Å²) < 4.78 is 29.0. The molecule has 0 fully saturated rings. The molecule has 0 radical (unpaired) electrons. The van der Waals surface area contributed by atoms with E-state index in [2.05, 4.69) is 17.4 Å². The van der Waals surface area contributed by atoms with Crippen LogP contribution in [0.4, 0.5) is 0 Å². The zero-order valence-electron chi connectivity index (χ0n) is 20.0. The molecule has 4 rings (SSSR count). The van der Waals surface area contributed by atoms with Crippen molar-refractivity contribution in [2.45, 2.75) is 57.5 Å². The Kier molecular flexibility index (Phi) is 7.19. The van der Waals surface area contributed by atoms with Gasteiger partial charge in [-0.3, -0.25) is 4.79 Å². The van der Waals surface area contributed by atoms with Crippen LogP contribution in [0.25, 0.3) is 0 Å². The number of nitrogens with one attached hydrogen (secondary N) is 1. The number of carbonyl (C=O) groups excluding carboxylic acids is 1. The number of benzene rings is 3. The Labute approximate surface area is 202 Å². The summed E-state index contributed by atoms with van der Waals surface area (Å²) in [6.45, 7) is 5.47. The Balaban J connectivity index is 1.63. The van der Waals surface area contributed by atoms with Crippen LogP contribution in [0, 0.1) is 20.8 Å². The van der Waals surface area contributed by atoms with Crippen LogP contribution >= 0.6 is 0 Å². The average molecular weight is 477 g/mol. The maximum absolute atomic E-state index is 13.9. The van der Waals surface area contributed by atoms with E-state index in [4.69, 9.17) is 0 Å². The zero-order valence-corrected chi connectivity index (χ0v) is 20.9. The topological polar surface area (TPSA) is 66.5 Å². The van der Waals surface area contributed by atoms with Crippen LogP contribution in [0.2, 0.25) is 0 Å². The summed E-state index contributed by atoms with van der Waals surface area (Å²) in [5.41, 5.74) is 5.61. The van der Waals surface area contributed by atoms with Gasteiger partial charge in [-0.1, -0.05) is 72.3 Å². The third kappa shape index (κ3) is 5.24. The number of sulfonamides is 1. The maximum atomic E-state index is 13.9. The lowest BCUT2D eigenvalue weighted by molar-refractivity contribution is -0.122. The van der Waals surface area contributed by atoms with Gasteiger partial charge in [0.1, 0.15) is 0 Å². The molecule has 0 spiro atoms. The van der Waals surface area contributed by atoms with Crippen molar-refractivity contribution < 1.29 is 13.2 Å². The van der Waals surface area contributed by atoms with E-state index in [1.165, 1.54) is 9.87 Å². The van der Waals surface area contributed by atoms with Gasteiger partial charge in [0, 0.05) is 6.54 Å². The van der Waals surface area contributed by atoms with E-state index in [9.17, 15) is 13.2 Å². The summed E-state index contributed by atoms with van der Waals surface area (Å²) in [5, 5.41) is 3.11. The Hall–Kier alpha value is -2.96. The molecule has 34 heavy (non-hydrogen) atoms. The molecular formula is C28H32N2O3S. The number of hydrogen-bond acceptors (Lipinski definition) is 3. The summed E-state index contributed by atoms with van der Waals surface area (Å²) in [4.78, 5) is 13.5. The predicted molar refractivity (Wildman–Crippen MR) is 135 cm³/mol. The maximum Gasteiger partial charge on any atom is 0.244 e. The third-order valence-corrected chi connectivity index (χ3v) is 8.53. The van der Waals surface area contributed by atoms with Gasteiger partial charge in [0.2, 0.25) is 15.9 Å². The minimum absolute atomic E-state index is 0.0958. The first kappa shape index (κ1) is 24.2. The standard InChI is InChI=1S/C28H32N2O3S/c1-20-16-21(2)28(22(3)17-20)34(32,33)30(18-23-10-5-4-6-11-23)19-27(31)29-26-15-9-13-24-12-7-8-14-25(24)26/h4-8,10-12,14,16-17,26H,9,13,15,18-19H2,1-3H3,(H,29,31). The summed E-state index contributed by atoms with van der Waals surface area (Å²) in [5.74, 6) is -0.288. The number of aryl methyl sites for hydroxylation is 4. The van der Waals surface area contributed by atoms with Crippen molar-refractivity contribution in [1.29, 1.82) is 0 Å². The van der Waals surface area contributed by atoms with Crippen LogP contribution in [0.15, 0.2) is 71.6 Å². The van der Waals surface area contributed by atoms with Crippen LogP contribution in [-0.4, -0.2) is 25.2 Å². The lowest BCUT2D eigenvalue weighted by atomic mass is 9.88. The smallest absolute Gasteiger partial charge is 0.244 e. The van der Waals surface area contributed by atoms with Gasteiger partial charge in [0.05, 0.1) is 17.5 Å². The minimum Gasteiger partial charge on any atom is -0.348 e. The quantitative estimate of drug-likeness (QED) is 0.522. The van der Waals surface area contributed by atoms with Gasteiger partial charge in [-0.2, -0.15) is 4.31 Å². The average Bonchev–Trinajstić information content (AvgIpc) is 2.79. The molecule has 0 heterocycles. The van der Waals surface area contributed by atoms with Gasteiger partial charge >= 0.3 is 0 Å². The van der Waals surface area contributed by atoms with E-state index in [1.54, 1.807) is 0 Å². The number of nitrogens with zero attached hydrogens (tertiary/aromatic N) is 1. The van der Waals surface area contributed by atoms with Crippen LogP contribution in [0.5, 0.6) is 0 Å². The monoisotopic (exact) mass is 476 g/mol. The van der Waals surface area contributed by atoms with Gasteiger partial charge in [-0.25, -0.2) is 8.42 Å². The molecule has 1 aliphatic carbocycles. The van der Waals surface area contributed by atoms with E-state index >= 15 is 0 Å². The van der Waals surface area contributed by atoms with Crippen molar-refractivity contribution in [3.05, 3.63) is 100 Å². The number of amides is 1. The van der Waals surface area contributed by atoms with Crippen LogP contribution < -0.4 is 5.32 Å². The summed E-state index contributed by atoms with van der Waals surface area (Å²) in [7, 11) is -3.90. The Morgan fingerprint density at radius 2 is 1.62 bits per heavy atom. The fourth-order valence-corrected chi connectivity index (χ4v) is 6.82.